The number of aryl methyl sites for hydroxylation is 1. The summed E-state index contributed by atoms with van der Waals surface area (Å²) in [5.74, 6) is -1.73. The van der Waals surface area contributed by atoms with Crippen LogP contribution in [0.15, 0.2) is 60.4 Å². The van der Waals surface area contributed by atoms with Gasteiger partial charge >= 0.3 is 0 Å². The third-order valence-electron chi connectivity index (χ3n) is 5.68. The summed E-state index contributed by atoms with van der Waals surface area (Å²) in [4.78, 5) is 28.0. The molecule has 0 saturated heterocycles. The number of aromatic nitrogens is 1. The molecule has 3 aromatic rings. The number of rotatable bonds is 10. The van der Waals surface area contributed by atoms with Gasteiger partial charge in [-0.15, -0.1) is 0 Å². The number of amides is 2. The van der Waals surface area contributed by atoms with Crippen molar-refractivity contribution >= 4 is 28.8 Å². The lowest BCUT2D eigenvalue weighted by Crippen LogP contribution is -2.39. The highest BCUT2D eigenvalue weighted by Gasteiger charge is 2.18. The fraction of sp³-hybridized carbons (Fsp3) is 0.308. The van der Waals surface area contributed by atoms with Crippen molar-refractivity contribution in [2.45, 2.75) is 27.3 Å². The van der Waals surface area contributed by atoms with Gasteiger partial charge < -0.3 is 20.1 Å². The first-order valence-corrected chi connectivity index (χ1v) is 11.3. The SMILES string of the molecule is CCN(CC)CCNC(=O)/C(=C/c1cn(CC)c2ccccc12)NC(=O)c1ccccc1F. The molecular formula is C26H31FN4O2. The minimum absolute atomic E-state index is 0.0711. The summed E-state index contributed by atoms with van der Waals surface area (Å²) in [5.41, 5.74) is 1.79. The van der Waals surface area contributed by atoms with Crippen LogP contribution in [0.3, 0.4) is 0 Å². The predicted octanol–water partition coefficient (Wildman–Crippen LogP) is 4.03. The maximum Gasteiger partial charge on any atom is 0.267 e. The van der Waals surface area contributed by atoms with Gasteiger partial charge in [-0.25, -0.2) is 4.39 Å². The highest BCUT2D eigenvalue weighted by molar-refractivity contribution is 6.06. The van der Waals surface area contributed by atoms with Crippen molar-refractivity contribution in [2.24, 2.45) is 0 Å². The number of halogens is 1. The van der Waals surface area contributed by atoms with Crippen molar-refractivity contribution in [3.8, 4) is 0 Å². The summed E-state index contributed by atoms with van der Waals surface area (Å²) in [6, 6.07) is 13.6. The van der Waals surface area contributed by atoms with Crippen LogP contribution >= 0.6 is 0 Å². The van der Waals surface area contributed by atoms with Gasteiger partial charge in [0.2, 0.25) is 0 Å². The van der Waals surface area contributed by atoms with Crippen molar-refractivity contribution in [3.63, 3.8) is 0 Å². The smallest absolute Gasteiger partial charge is 0.267 e. The number of likely N-dealkylation sites (N-methyl/N-ethyl adjacent to an activating group) is 1. The second-order valence-electron chi connectivity index (χ2n) is 7.66. The molecule has 0 unspecified atom stereocenters. The molecule has 0 aliphatic carbocycles. The molecule has 1 aromatic heterocycles. The molecular weight excluding hydrogens is 419 g/mol. The second kappa shape index (κ2) is 11.4. The highest BCUT2D eigenvalue weighted by atomic mass is 19.1. The van der Waals surface area contributed by atoms with Crippen LogP contribution < -0.4 is 10.6 Å². The Kier molecular flexibility index (Phi) is 8.38. The lowest BCUT2D eigenvalue weighted by molar-refractivity contribution is -0.117. The third-order valence-corrected chi connectivity index (χ3v) is 5.68. The molecule has 0 fully saturated rings. The van der Waals surface area contributed by atoms with Gasteiger partial charge in [0.15, 0.2) is 0 Å². The molecule has 0 atom stereocenters. The number of carbonyl (C=O) groups excluding carboxylic acids is 2. The van der Waals surface area contributed by atoms with E-state index in [9.17, 15) is 14.0 Å². The summed E-state index contributed by atoms with van der Waals surface area (Å²) in [7, 11) is 0. The van der Waals surface area contributed by atoms with E-state index in [0.717, 1.165) is 36.1 Å². The molecule has 2 aromatic carbocycles. The molecule has 0 aliphatic rings. The maximum absolute atomic E-state index is 14.2. The first-order valence-electron chi connectivity index (χ1n) is 11.3. The van der Waals surface area contributed by atoms with Crippen LogP contribution in [0.2, 0.25) is 0 Å². The Balaban J connectivity index is 1.92. The molecule has 3 rings (SSSR count). The van der Waals surface area contributed by atoms with Crippen molar-refractivity contribution in [2.75, 3.05) is 26.2 Å². The molecule has 7 heteroatoms. The minimum atomic E-state index is -0.669. The normalized spacial score (nSPS) is 11.7. The Bertz CT molecular complexity index is 1150. The zero-order valence-electron chi connectivity index (χ0n) is 19.4. The summed E-state index contributed by atoms with van der Waals surface area (Å²) >= 11 is 0. The van der Waals surface area contributed by atoms with Gasteiger partial charge in [0, 0.05) is 42.3 Å². The van der Waals surface area contributed by atoms with Gasteiger partial charge in [0.1, 0.15) is 11.5 Å². The van der Waals surface area contributed by atoms with Gasteiger partial charge in [-0.3, -0.25) is 9.59 Å². The van der Waals surface area contributed by atoms with E-state index in [4.69, 9.17) is 0 Å². The van der Waals surface area contributed by atoms with Crippen molar-refractivity contribution in [1.82, 2.24) is 20.1 Å². The number of para-hydroxylation sites is 1. The number of nitrogens with zero attached hydrogens (tertiary/aromatic N) is 2. The molecule has 0 saturated carbocycles. The monoisotopic (exact) mass is 450 g/mol. The quantitative estimate of drug-likeness (QED) is 0.459. The number of hydrogen-bond donors (Lipinski definition) is 2. The van der Waals surface area contributed by atoms with E-state index >= 15 is 0 Å². The van der Waals surface area contributed by atoms with Gasteiger partial charge in [-0.2, -0.15) is 0 Å². The minimum Gasteiger partial charge on any atom is -0.349 e. The average molecular weight is 451 g/mol. The molecule has 174 valence electrons. The lowest BCUT2D eigenvalue weighted by atomic mass is 10.1. The van der Waals surface area contributed by atoms with Crippen molar-refractivity contribution in [1.29, 1.82) is 0 Å². The van der Waals surface area contributed by atoms with Gasteiger partial charge in [0.05, 0.1) is 5.56 Å². The molecule has 2 N–H and O–H groups in total. The number of hydrogen-bond acceptors (Lipinski definition) is 3. The Morgan fingerprint density at radius 2 is 1.73 bits per heavy atom. The van der Waals surface area contributed by atoms with E-state index in [-0.39, 0.29) is 11.3 Å². The highest BCUT2D eigenvalue weighted by Crippen LogP contribution is 2.23. The van der Waals surface area contributed by atoms with Crippen LogP contribution in [0.4, 0.5) is 4.39 Å². The molecule has 1 heterocycles. The zero-order valence-corrected chi connectivity index (χ0v) is 19.4. The summed E-state index contributed by atoms with van der Waals surface area (Å²) in [6.07, 6.45) is 3.60. The van der Waals surface area contributed by atoms with E-state index in [2.05, 4.69) is 33.9 Å². The van der Waals surface area contributed by atoms with Crippen LogP contribution in [0.1, 0.15) is 36.7 Å². The van der Waals surface area contributed by atoms with Crippen LogP contribution in [0, 0.1) is 5.82 Å². The van der Waals surface area contributed by atoms with Crippen LogP contribution in [0.25, 0.3) is 17.0 Å². The average Bonchev–Trinajstić information content (AvgIpc) is 3.19. The van der Waals surface area contributed by atoms with E-state index in [1.54, 1.807) is 12.1 Å². The predicted molar refractivity (Wildman–Crippen MR) is 130 cm³/mol. The van der Waals surface area contributed by atoms with E-state index in [1.165, 1.54) is 18.2 Å². The fourth-order valence-corrected chi connectivity index (χ4v) is 3.76. The molecule has 33 heavy (non-hydrogen) atoms. The topological polar surface area (TPSA) is 66.4 Å². The molecule has 0 spiro atoms. The number of carbonyl (C=O) groups is 2. The largest absolute Gasteiger partial charge is 0.349 e. The van der Waals surface area contributed by atoms with Gasteiger partial charge in [-0.05, 0) is 44.3 Å². The first-order chi connectivity index (χ1) is 16.0. The maximum atomic E-state index is 14.2. The molecule has 0 bridgehead atoms. The van der Waals surface area contributed by atoms with Crippen LogP contribution in [-0.4, -0.2) is 47.5 Å². The standard InChI is InChI=1S/C26H31FN4O2/c1-4-30(5-2)16-15-28-26(33)23(29-25(32)21-12-7-9-13-22(21)27)17-19-18-31(6-3)24-14-10-8-11-20(19)24/h7-14,17-18H,4-6,15-16H2,1-3H3,(H,28,33)(H,29,32)/b23-17-. The third kappa shape index (κ3) is 5.87. The molecule has 2 amide bonds. The molecule has 0 radical (unpaired) electrons. The zero-order chi connectivity index (χ0) is 23.8. The van der Waals surface area contributed by atoms with Crippen LogP contribution in [-0.2, 0) is 11.3 Å². The Labute approximate surface area is 194 Å². The lowest BCUT2D eigenvalue weighted by Gasteiger charge is -2.18. The number of benzene rings is 2. The molecule has 6 nitrogen and oxygen atoms in total. The Morgan fingerprint density at radius 1 is 1.03 bits per heavy atom. The molecule has 0 aliphatic heterocycles. The number of fused-ring (bicyclic) bond motifs is 1. The summed E-state index contributed by atoms with van der Waals surface area (Å²) < 4.78 is 16.2. The van der Waals surface area contributed by atoms with Gasteiger partial charge in [-0.1, -0.05) is 44.2 Å². The Hall–Kier alpha value is -3.45. The summed E-state index contributed by atoms with van der Waals surface area (Å²) in [6.45, 7) is 9.84. The van der Waals surface area contributed by atoms with Crippen molar-refractivity contribution < 1.29 is 14.0 Å². The van der Waals surface area contributed by atoms with Crippen LogP contribution in [0.5, 0.6) is 0 Å². The Morgan fingerprint density at radius 3 is 2.42 bits per heavy atom. The van der Waals surface area contributed by atoms with Gasteiger partial charge in [0.25, 0.3) is 11.8 Å². The van der Waals surface area contributed by atoms with E-state index in [1.807, 2.05) is 37.4 Å². The summed E-state index contributed by atoms with van der Waals surface area (Å²) in [5, 5.41) is 6.47. The van der Waals surface area contributed by atoms with Crippen molar-refractivity contribution in [3.05, 3.63) is 77.4 Å². The van der Waals surface area contributed by atoms with E-state index in [0.29, 0.717) is 13.1 Å². The fourth-order valence-electron chi connectivity index (χ4n) is 3.76. The first kappa shape index (κ1) is 24.2. The second-order valence-corrected chi connectivity index (χ2v) is 7.66. The number of nitrogens with one attached hydrogen (secondary N) is 2. The van der Waals surface area contributed by atoms with E-state index < -0.39 is 17.6 Å².